The van der Waals surface area contributed by atoms with Crippen LogP contribution in [-0.4, -0.2) is 50.6 Å². The minimum absolute atomic E-state index is 0.00940. The summed E-state index contributed by atoms with van der Waals surface area (Å²) in [4.78, 5) is 31.4. The summed E-state index contributed by atoms with van der Waals surface area (Å²) in [5.74, 6) is 0. The van der Waals surface area contributed by atoms with Crippen molar-refractivity contribution < 1.29 is 24.9 Å². The van der Waals surface area contributed by atoms with Crippen LogP contribution in [0.25, 0.3) is 0 Å². The Labute approximate surface area is 159 Å². The maximum atomic E-state index is 11.1. The Balaban J connectivity index is 4.48. The molecule has 0 fully saturated rings. The number of carbonyl (C=O) groups excluding carboxylic acids is 1. The summed E-state index contributed by atoms with van der Waals surface area (Å²) in [6.07, 6.45) is 5.97. The number of hydrogen-bond donors (Lipinski definition) is 2. The highest BCUT2D eigenvalue weighted by Gasteiger charge is 2.29. The molecule has 0 aliphatic rings. The smallest absolute Gasteiger partial charge is 0.241 e. The number of nitrogens with zero attached hydrogens (tertiary/aromatic N) is 2. The Morgan fingerprint density at radius 3 is 2.00 bits per heavy atom. The number of rotatable bonds is 17. The molecular weight excluding hydrogens is 356 g/mol. The van der Waals surface area contributed by atoms with E-state index in [1.807, 2.05) is 6.92 Å². The molecule has 0 bridgehead atoms. The first-order valence-electron chi connectivity index (χ1n) is 9.56. The molecule has 0 aromatic rings. The van der Waals surface area contributed by atoms with Gasteiger partial charge in [0.05, 0.1) is 0 Å². The lowest BCUT2D eigenvalue weighted by atomic mass is 9.99. The highest BCUT2D eigenvalue weighted by atomic mass is 16.6. The van der Waals surface area contributed by atoms with Crippen molar-refractivity contribution in [3.05, 3.63) is 32.4 Å². The molecular formula is C18H32N2O7. The third-order valence-corrected chi connectivity index (χ3v) is 4.53. The Morgan fingerprint density at radius 1 is 0.852 bits per heavy atom. The molecule has 0 saturated carbocycles. The fourth-order valence-corrected chi connectivity index (χ4v) is 2.83. The first-order chi connectivity index (χ1) is 12.8. The third kappa shape index (κ3) is 11.4. The quantitative estimate of drug-likeness (QED) is 0.128. The summed E-state index contributed by atoms with van der Waals surface area (Å²) in [5, 5.41) is 42.2. The van der Waals surface area contributed by atoms with Gasteiger partial charge in [-0.15, -0.1) is 0 Å². The molecule has 0 amide bonds. The van der Waals surface area contributed by atoms with Crippen LogP contribution in [0.5, 0.6) is 0 Å². The number of aldehydes is 1. The zero-order valence-corrected chi connectivity index (χ0v) is 15.9. The van der Waals surface area contributed by atoms with Crippen molar-refractivity contribution in [2.24, 2.45) is 0 Å². The van der Waals surface area contributed by atoms with Crippen LogP contribution in [0.1, 0.15) is 71.1 Å². The lowest BCUT2D eigenvalue weighted by Crippen LogP contribution is -2.34. The molecule has 0 aromatic heterocycles. The van der Waals surface area contributed by atoms with Crippen LogP contribution in [0.15, 0.2) is 12.2 Å². The van der Waals surface area contributed by atoms with Gasteiger partial charge in [-0.3, -0.25) is 20.2 Å². The van der Waals surface area contributed by atoms with Gasteiger partial charge in [-0.05, 0) is 25.7 Å². The first-order valence-corrected chi connectivity index (χ1v) is 9.56. The molecule has 2 N–H and O–H groups in total. The molecule has 0 aromatic carbocycles. The van der Waals surface area contributed by atoms with E-state index < -0.39 is 34.1 Å². The van der Waals surface area contributed by atoms with E-state index in [1.165, 1.54) is 12.2 Å². The van der Waals surface area contributed by atoms with Crippen molar-refractivity contribution >= 4 is 6.29 Å². The molecule has 0 aliphatic heterocycles. The highest BCUT2D eigenvalue weighted by molar-refractivity contribution is 5.48. The topological polar surface area (TPSA) is 144 Å². The van der Waals surface area contributed by atoms with E-state index in [2.05, 4.69) is 0 Å². The van der Waals surface area contributed by atoms with E-state index in [-0.39, 0.29) is 19.3 Å². The molecule has 0 heterocycles. The Kier molecular flexibility index (Phi) is 14.2. The molecule has 0 radical (unpaired) electrons. The van der Waals surface area contributed by atoms with Gasteiger partial charge in [-0.25, -0.2) is 0 Å². The molecule has 0 spiro atoms. The summed E-state index contributed by atoms with van der Waals surface area (Å²) >= 11 is 0. The average molecular weight is 388 g/mol. The van der Waals surface area contributed by atoms with Crippen LogP contribution in [0, 0.1) is 20.2 Å². The van der Waals surface area contributed by atoms with Crippen molar-refractivity contribution in [3.63, 3.8) is 0 Å². The maximum absolute atomic E-state index is 11.1. The van der Waals surface area contributed by atoms with E-state index in [4.69, 9.17) is 0 Å². The average Bonchev–Trinajstić information content (AvgIpc) is 2.60. The summed E-state index contributed by atoms with van der Waals surface area (Å²) in [6.45, 7) is 2.01. The molecule has 4 atom stereocenters. The molecule has 0 aliphatic carbocycles. The second-order valence-electron chi connectivity index (χ2n) is 6.73. The van der Waals surface area contributed by atoms with Crippen LogP contribution in [0.3, 0.4) is 0 Å². The number of carbonyl (C=O) groups is 1. The van der Waals surface area contributed by atoms with E-state index in [9.17, 15) is 35.2 Å². The SMILES string of the molecule is CCCCCC(O)C(CC=CCC(O)C(CCCCC=O)[N+](=O)[O-])[N+](=O)[O-]. The van der Waals surface area contributed by atoms with Gasteiger partial charge in [0.2, 0.25) is 12.1 Å². The van der Waals surface area contributed by atoms with Gasteiger partial charge >= 0.3 is 0 Å². The monoisotopic (exact) mass is 388 g/mol. The molecule has 27 heavy (non-hydrogen) atoms. The van der Waals surface area contributed by atoms with E-state index >= 15 is 0 Å². The number of aliphatic hydroxyl groups is 2. The van der Waals surface area contributed by atoms with Crippen molar-refractivity contribution in [2.75, 3.05) is 0 Å². The predicted octanol–water partition coefficient (Wildman–Crippen LogP) is 2.67. The van der Waals surface area contributed by atoms with Crippen molar-refractivity contribution in [1.82, 2.24) is 0 Å². The summed E-state index contributed by atoms with van der Waals surface area (Å²) in [7, 11) is 0. The van der Waals surface area contributed by atoms with Gasteiger partial charge in [0.15, 0.2) is 0 Å². The van der Waals surface area contributed by atoms with Crippen LogP contribution >= 0.6 is 0 Å². The van der Waals surface area contributed by atoms with E-state index in [0.29, 0.717) is 25.7 Å². The zero-order chi connectivity index (χ0) is 20.7. The Hall–Kier alpha value is -1.87. The minimum Gasteiger partial charge on any atom is -0.386 e. The molecule has 4 unspecified atom stereocenters. The fraction of sp³-hybridized carbons (Fsp3) is 0.833. The van der Waals surface area contributed by atoms with Crippen LogP contribution in [-0.2, 0) is 4.79 Å². The van der Waals surface area contributed by atoms with Gasteiger partial charge in [-0.2, -0.15) is 0 Å². The van der Waals surface area contributed by atoms with Crippen molar-refractivity contribution in [2.45, 2.75) is 95.4 Å². The largest absolute Gasteiger partial charge is 0.386 e. The molecule has 9 heteroatoms. The first kappa shape index (κ1) is 25.1. The third-order valence-electron chi connectivity index (χ3n) is 4.53. The number of nitro groups is 2. The fourth-order valence-electron chi connectivity index (χ4n) is 2.83. The highest BCUT2D eigenvalue weighted by Crippen LogP contribution is 2.15. The van der Waals surface area contributed by atoms with Crippen LogP contribution in [0.2, 0.25) is 0 Å². The normalized spacial score (nSPS) is 16.0. The zero-order valence-electron chi connectivity index (χ0n) is 15.9. The Morgan fingerprint density at radius 2 is 1.44 bits per heavy atom. The van der Waals surface area contributed by atoms with Crippen molar-refractivity contribution in [1.29, 1.82) is 0 Å². The second-order valence-corrected chi connectivity index (χ2v) is 6.73. The minimum atomic E-state index is -1.20. The summed E-state index contributed by atoms with van der Waals surface area (Å²) < 4.78 is 0. The Bertz CT molecular complexity index is 471. The van der Waals surface area contributed by atoms with Crippen LogP contribution in [0.4, 0.5) is 0 Å². The standard InChI is InChI=1S/C18H32N2O7/c1-2-3-5-12-17(22)16(20(26)27)11-7-8-13-18(23)15(19(24)25)10-6-4-9-14-21/h7-8,14-18,22-23H,2-6,9-13H2,1H3. The molecule has 0 saturated heterocycles. The number of aliphatic hydroxyl groups excluding tert-OH is 2. The molecule has 9 nitrogen and oxygen atoms in total. The van der Waals surface area contributed by atoms with Gasteiger partial charge in [0, 0.05) is 29.1 Å². The van der Waals surface area contributed by atoms with Gasteiger partial charge in [0.1, 0.15) is 18.5 Å². The summed E-state index contributed by atoms with van der Waals surface area (Å²) in [5.41, 5.74) is 0. The van der Waals surface area contributed by atoms with Gasteiger partial charge in [0.25, 0.3) is 0 Å². The summed E-state index contributed by atoms with van der Waals surface area (Å²) in [6, 6.07) is -2.25. The van der Waals surface area contributed by atoms with Gasteiger partial charge in [-0.1, -0.05) is 38.3 Å². The van der Waals surface area contributed by atoms with Crippen molar-refractivity contribution in [3.8, 4) is 0 Å². The van der Waals surface area contributed by atoms with E-state index in [1.54, 1.807) is 0 Å². The maximum Gasteiger partial charge on any atom is 0.241 e. The number of unbranched alkanes of at least 4 members (excludes halogenated alkanes) is 4. The predicted molar refractivity (Wildman–Crippen MR) is 101 cm³/mol. The molecule has 156 valence electrons. The lowest BCUT2D eigenvalue weighted by Gasteiger charge is -2.15. The number of hydrogen-bond acceptors (Lipinski definition) is 7. The lowest BCUT2D eigenvalue weighted by molar-refractivity contribution is -0.535. The van der Waals surface area contributed by atoms with E-state index in [0.717, 1.165) is 25.5 Å². The molecule has 0 rings (SSSR count). The second kappa shape index (κ2) is 15.2. The van der Waals surface area contributed by atoms with Crippen LogP contribution < -0.4 is 0 Å². The van der Waals surface area contributed by atoms with Gasteiger partial charge < -0.3 is 15.0 Å².